The van der Waals surface area contributed by atoms with Gasteiger partial charge in [0.1, 0.15) is 0 Å². The Kier molecular flexibility index (Phi) is 5.34. The lowest BCUT2D eigenvalue weighted by molar-refractivity contribution is 0.0474. The Bertz CT molecular complexity index is 796. The van der Waals surface area contributed by atoms with E-state index < -0.39 is 18.4 Å². The van der Waals surface area contributed by atoms with Gasteiger partial charge in [-0.05, 0) is 61.7 Å². The molecule has 0 unspecified atom stereocenters. The highest BCUT2D eigenvalue weighted by Gasteiger charge is 2.16. The number of halogens is 1. The second kappa shape index (κ2) is 7.25. The SMILES string of the molecule is COc1ccc(C(=O)OCC(=O)c2cc(C)c(C)cc2C)cc1F. The third-order valence-corrected chi connectivity index (χ3v) is 3.86. The van der Waals surface area contributed by atoms with Crippen LogP contribution in [0.2, 0.25) is 0 Å². The molecule has 0 aliphatic carbocycles. The summed E-state index contributed by atoms with van der Waals surface area (Å²) in [6.07, 6.45) is 0. The highest BCUT2D eigenvalue weighted by atomic mass is 19.1. The summed E-state index contributed by atoms with van der Waals surface area (Å²) >= 11 is 0. The molecule has 126 valence electrons. The summed E-state index contributed by atoms with van der Waals surface area (Å²) in [4.78, 5) is 24.2. The molecule has 2 aromatic rings. The summed E-state index contributed by atoms with van der Waals surface area (Å²) in [6, 6.07) is 7.45. The molecule has 0 atom stereocenters. The van der Waals surface area contributed by atoms with Crippen LogP contribution < -0.4 is 4.74 Å². The van der Waals surface area contributed by atoms with Gasteiger partial charge in [-0.15, -0.1) is 0 Å². The van der Waals surface area contributed by atoms with Crippen LogP contribution in [-0.2, 0) is 4.74 Å². The van der Waals surface area contributed by atoms with E-state index in [1.807, 2.05) is 26.8 Å². The van der Waals surface area contributed by atoms with Crippen LogP contribution in [-0.4, -0.2) is 25.5 Å². The number of ketones is 1. The molecule has 2 rings (SSSR count). The lowest BCUT2D eigenvalue weighted by Gasteiger charge is -2.10. The van der Waals surface area contributed by atoms with E-state index in [2.05, 4.69) is 0 Å². The molecule has 0 aromatic heterocycles. The molecule has 0 spiro atoms. The molecule has 0 heterocycles. The Morgan fingerprint density at radius 2 is 1.67 bits per heavy atom. The molecule has 0 radical (unpaired) electrons. The number of benzene rings is 2. The molecule has 5 heteroatoms. The van der Waals surface area contributed by atoms with Gasteiger partial charge < -0.3 is 9.47 Å². The highest BCUT2D eigenvalue weighted by molar-refractivity contribution is 6.00. The molecule has 0 bridgehead atoms. The number of carbonyl (C=O) groups is 2. The summed E-state index contributed by atoms with van der Waals surface area (Å²) in [7, 11) is 1.33. The van der Waals surface area contributed by atoms with Crippen molar-refractivity contribution in [3.8, 4) is 5.75 Å². The maximum Gasteiger partial charge on any atom is 0.338 e. The highest BCUT2D eigenvalue weighted by Crippen LogP contribution is 2.19. The van der Waals surface area contributed by atoms with Crippen LogP contribution in [0.5, 0.6) is 5.75 Å². The maximum absolute atomic E-state index is 13.6. The first kappa shape index (κ1) is 17.7. The minimum atomic E-state index is -0.758. The Hall–Kier alpha value is -2.69. The second-order valence-electron chi connectivity index (χ2n) is 5.60. The maximum atomic E-state index is 13.6. The van der Waals surface area contributed by atoms with E-state index in [4.69, 9.17) is 9.47 Å². The third-order valence-electron chi connectivity index (χ3n) is 3.86. The van der Waals surface area contributed by atoms with E-state index in [1.165, 1.54) is 19.2 Å². The first-order valence-corrected chi connectivity index (χ1v) is 7.45. The van der Waals surface area contributed by atoms with Crippen molar-refractivity contribution in [2.75, 3.05) is 13.7 Å². The zero-order valence-corrected chi connectivity index (χ0v) is 14.1. The van der Waals surface area contributed by atoms with E-state index in [0.717, 1.165) is 22.8 Å². The number of methoxy groups -OCH3 is 1. The van der Waals surface area contributed by atoms with Crippen LogP contribution in [0.1, 0.15) is 37.4 Å². The van der Waals surface area contributed by atoms with Crippen LogP contribution in [0.25, 0.3) is 0 Å². The predicted molar refractivity (Wildman–Crippen MR) is 88.2 cm³/mol. The van der Waals surface area contributed by atoms with E-state index in [9.17, 15) is 14.0 Å². The van der Waals surface area contributed by atoms with Crippen molar-refractivity contribution in [3.05, 3.63) is 64.0 Å². The lowest BCUT2D eigenvalue weighted by Crippen LogP contribution is -2.15. The van der Waals surface area contributed by atoms with E-state index in [1.54, 1.807) is 6.07 Å². The van der Waals surface area contributed by atoms with Crippen LogP contribution in [0, 0.1) is 26.6 Å². The fourth-order valence-electron chi connectivity index (χ4n) is 2.35. The quantitative estimate of drug-likeness (QED) is 0.618. The average molecular weight is 330 g/mol. The van der Waals surface area contributed by atoms with Gasteiger partial charge in [0.15, 0.2) is 18.2 Å². The summed E-state index contributed by atoms with van der Waals surface area (Å²) < 4.78 is 23.4. The van der Waals surface area contributed by atoms with Gasteiger partial charge >= 0.3 is 5.97 Å². The van der Waals surface area contributed by atoms with E-state index in [-0.39, 0.29) is 17.1 Å². The van der Waals surface area contributed by atoms with Gasteiger partial charge in [-0.2, -0.15) is 0 Å². The molecular formula is C19H19FO4. The van der Waals surface area contributed by atoms with Crippen molar-refractivity contribution in [1.29, 1.82) is 0 Å². The molecule has 24 heavy (non-hydrogen) atoms. The number of hydrogen-bond donors (Lipinski definition) is 0. The average Bonchev–Trinajstić information content (AvgIpc) is 2.55. The van der Waals surface area contributed by atoms with Gasteiger partial charge in [0.05, 0.1) is 12.7 Å². The smallest absolute Gasteiger partial charge is 0.338 e. The minimum absolute atomic E-state index is 0.0258. The van der Waals surface area contributed by atoms with Crippen LogP contribution in [0.15, 0.2) is 30.3 Å². The second-order valence-corrected chi connectivity index (χ2v) is 5.60. The van der Waals surface area contributed by atoms with Crippen molar-refractivity contribution >= 4 is 11.8 Å². The molecule has 0 saturated carbocycles. The first-order valence-electron chi connectivity index (χ1n) is 7.45. The zero-order chi connectivity index (χ0) is 17.9. The number of ether oxygens (including phenoxy) is 2. The Balaban J connectivity index is 2.07. The number of aryl methyl sites for hydroxylation is 3. The minimum Gasteiger partial charge on any atom is -0.494 e. The molecule has 0 N–H and O–H groups in total. The molecule has 0 saturated heterocycles. The predicted octanol–water partition coefficient (Wildman–Crippen LogP) is 3.80. The van der Waals surface area contributed by atoms with Crippen LogP contribution >= 0.6 is 0 Å². The third kappa shape index (κ3) is 3.79. The number of carbonyl (C=O) groups excluding carboxylic acids is 2. The molecule has 0 aliphatic heterocycles. The van der Waals surface area contributed by atoms with Gasteiger partial charge in [0.2, 0.25) is 5.78 Å². The van der Waals surface area contributed by atoms with Crippen molar-refractivity contribution in [3.63, 3.8) is 0 Å². The Morgan fingerprint density at radius 1 is 1.00 bits per heavy atom. The topological polar surface area (TPSA) is 52.6 Å². The Morgan fingerprint density at radius 3 is 2.29 bits per heavy atom. The largest absolute Gasteiger partial charge is 0.494 e. The molecule has 4 nitrogen and oxygen atoms in total. The van der Waals surface area contributed by atoms with E-state index >= 15 is 0 Å². The van der Waals surface area contributed by atoms with Crippen molar-refractivity contribution in [2.45, 2.75) is 20.8 Å². The van der Waals surface area contributed by atoms with Gasteiger partial charge in [0, 0.05) is 5.56 Å². The van der Waals surface area contributed by atoms with Crippen molar-refractivity contribution in [2.24, 2.45) is 0 Å². The van der Waals surface area contributed by atoms with Gasteiger partial charge in [-0.1, -0.05) is 6.07 Å². The van der Waals surface area contributed by atoms with Crippen LogP contribution in [0.4, 0.5) is 4.39 Å². The molecule has 2 aromatic carbocycles. The van der Waals surface area contributed by atoms with E-state index in [0.29, 0.717) is 5.56 Å². The fourth-order valence-corrected chi connectivity index (χ4v) is 2.35. The fraction of sp³-hybridized carbons (Fsp3) is 0.263. The van der Waals surface area contributed by atoms with Gasteiger partial charge in [-0.3, -0.25) is 4.79 Å². The van der Waals surface area contributed by atoms with Gasteiger partial charge in [-0.25, -0.2) is 9.18 Å². The van der Waals surface area contributed by atoms with Crippen molar-refractivity contribution in [1.82, 2.24) is 0 Å². The standard InChI is InChI=1S/C19H19FO4/c1-11-7-13(3)15(8-12(11)2)17(21)10-24-19(22)14-5-6-18(23-4)16(20)9-14/h5-9H,10H2,1-4H3. The molecule has 0 amide bonds. The summed E-state index contributed by atoms with van der Waals surface area (Å²) in [6.45, 7) is 5.32. The summed E-state index contributed by atoms with van der Waals surface area (Å²) in [5.74, 6) is -1.68. The van der Waals surface area contributed by atoms with Crippen LogP contribution in [0.3, 0.4) is 0 Å². The van der Waals surface area contributed by atoms with Crippen molar-refractivity contribution < 1.29 is 23.5 Å². The number of rotatable bonds is 5. The first-order chi connectivity index (χ1) is 11.3. The zero-order valence-electron chi connectivity index (χ0n) is 14.1. The molecule has 0 aliphatic rings. The number of Topliss-reactive ketones (excluding diaryl/α,β-unsaturated/α-hetero) is 1. The molecular weight excluding hydrogens is 311 g/mol. The molecule has 0 fully saturated rings. The number of esters is 1. The Labute approximate surface area is 140 Å². The summed E-state index contributed by atoms with van der Waals surface area (Å²) in [5.41, 5.74) is 3.46. The number of hydrogen-bond acceptors (Lipinski definition) is 4. The normalized spacial score (nSPS) is 10.4. The lowest BCUT2D eigenvalue weighted by atomic mass is 9.98. The van der Waals surface area contributed by atoms with Gasteiger partial charge in [0.25, 0.3) is 0 Å². The summed E-state index contributed by atoms with van der Waals surface area (Å²) in [5, 5.41) is 0. The monoisotopic (exact) mass is 330 g/mol.